The number of carbonyl (C=O) groups excluding carboxylic acids is 1. The van der Waals surface area contributed by atoms with Gasteiger partial charge in [0.05, 0.1) is 6.42 Å². The minimum absolute atomic E-state index is 0.272. The van der Waals surface area contributed by atoms with Crippen LogP contribution in [0.1, 0.15) is 12.0 Å². The number of benzene rings is 1. The van der Waals surface area contributed by atoms with Crippen molar-refractivity contribution in [3.63, 3.8) is 0 Å². The van der Waals surface area contributed by atoms with Crippen molar-refractivity contribution in [2.75, 3.05) is 0 Å². The molecule has 1 atom stereocenters. The molecule has 1 heterocycles. The van der Waals surface area contributed by atoms with Gasteiger partial charge in [-0.1, -0.05) is 35.5 Å². The number of carbonyl (C=O) groups is 2. The Hall–Kier alpha value is -1.86. The highest BCUT2D eigenvalue weighted by Gasteiger charge is 2.27. The van der Waals surface area contributed by atoms with Gasteiger partial charge in [0, 0.05) is 11.2 Å². The van der Waals surface area contributed by atoms with E-state index >= 15 is 0 Å². The van der Waals surface area contributed by atoms with Gasteiger partial charge >= 0.3 is 5.97 Å². The Kier molecular flexibility index (Phi) is 4.75. The van der Waals surface area contributed by atoms with Crippen LogP contribution < -0.4 is 5.43 Å². The normalized spacial score (nSPS) is 18.8. The van der Waals surface area contributed by atoms with Crippen molar-refractivity contribution in [2.24, 2.45) is 10.1 Å². The summed E-state index contributed by atoms with van der Waals surface area (Å²) in [6, 6.07) is 7.03. The molecule has 0 saturated carbocycles. The highest BCUT2D eigenvalue weighted by atomic mass is 35.5. The Bertz CT molecular complexity index is 586. The quantitative estimate of drug-likeness (QED) is 0.832. The first kappa shape index (κ1) is 14.5. The lowest BCUT2D eigenvalue weighted by Crippen LogP contribution is -2.35. The highest BCUT2D eigenvalue weighted by molar-refractivity contribution is 8.15. The molecule has 1 aromatic carbocycles. The third-order valence-electron chi connectivity index (χ3n) is 2.36. The summed E-state index contributed by atoms with van der Waals surface area (Å²) < 4.78 is 0. The summed E-state index contributed by atoms with van der Waals surface area (Å²) in [6.07, 6.45) is 1.30. The molecule has 1 aromatic rings. The van der Waals surface area contributed by atoms with Crippen molar-refractivity contribution in [1.82, 2.24) is 5.43 Å². The maximum Gasteiger partial charge on any atom is 0.305 e. The summed E-state index contributed by atoms with van der Waals surface area (Å²) >= 11 is 6.79. The molecule has 8 heteroatoms. The van der Waals surface area contributed by atoms with Gasteiger partial charge in [-0.2, -0.15) is 0 Å². The SMILES string of the molecule is O=C(O)C[C@@H]1SC(N=Cc2ccc(Cl)cc2)=NNC1=O. The summed E-state index contributed by atoms with van der Waals surface area (Å²) in [4.78, 5) is 26.2. The lowest BCUT2D eigenvalue weighted by atomic mass is 10.2. The van der Waals surface area contributed by atoms with Gasteiger partial charge < -0.3 is 5.11 Å². The van der Waals surface area contributed by atoms with E-state index in [9.17, 15) is 9.59 Å². The number of halogens is 1. The molecule has 2 rings (SSSR count). The second kappa shape index (κ2) is 6.53. The smallest absolute Gasteiger partial charge is 0.305 e. The standard InChI is InChI=1S/C12H10ClN3O3S/c13-8-3-1-7(2-4-8)6-14-12-16-15-11(19)9(20-12)5-10(17)18/h1-4,6,9H,5H2,(H,15,19)(H,17,18)/t9-/m0/s1. The molecule has 104 valence electrons. The molecule has 2 N–H and O–H groups in total. The largest absolute Gasteiger partial charge is 0.481 e. The van der Waals surface area contributed by atoms with Gasteiger partial charge in [0.2, 0.25) is 5.17 Å². The summed E-state index contributed by atoms with van der Waals surface area (Å²) in [7, 11) is 0. The number of nitrogens with one attached hydrogen (secondary N) is 1. The molecule has 0 spiro atoms. The van der Waals surface area contributed by atoms with Gasteiger partial charge in [0.1, 0.15) is 5.25 Å². The number of hydrazone groups is 1. The fourth-order valence-electron chi connectivity index (χ4n) is 1.41. The molecule has 0 fully saturated rings. The van der Waals surface area contributed by atoms with E-state index in [1.807, 2.05) is 0 Å². The van der Waals surface area contributed by atoms with Crippen molar-refractivity contribution in [2.45, 2.75) is 11.7 Å². The van der Waals surface area contributed by atoms with Crippen molar-refractivity contribution in [3.05, 3.63) is 34.9 Å². The van der Waals surface area contributed by atoms with E-state index in [0.29, 0.717) is 10.2 Å². The molecule has 1 amide bonds. The molecule has 0 aromatic heterocycles. The Labute approximate surface area is 123 Å². The predicted molar refractivity (Wildman–Crippen MR) is 78.3 cm³/mol. The van der Waals surface area contributed by atoms with E-state index in [4.69, 9.17) is 16.7 Å². The van der Waals surface area contributed by atoms with Crippen LogP contribution in [-0.4, -0.2) is 33.6 Å². The molecular formula is C12H10ClN3O3S. The number of aliphatic imine (C=N–C) groups is 1. The van der Waals surface area contributed by atoms with Crippen LogP contribution in [0.5, 0.6) is 0 Å². The molecule has 0 unspecified atom stereocenters. The van der Waals surface area contributed by atoms with Crippen LogP contribution in [0.2, 0.25) is 5.02 Å². The monoisotopic (exact) mass is 311 g/mol. The zero-order valence-electron chi connectivity index (χ0n) is 10.1. The fraction of sp³-hybridized carbons (Fsp3) is 0.167. The van der Waals surface area contributed by atoms with Crippen LogP contribution >= 0.6 is 23.4 Å². The lowest BCUT2D eigenvalue weighted by molar-refractivity contribution is -0.138. The molecule has 1 aliphatic rings. The topological polar surface area (TPSA) is 91.1 Å². The second-order valence-corrected chi connectivity index (χ2v) is 5.49. The van der Waals surface area contributed by atoms with E-state index < -0.39 is 17.1 Å². The summed E-state index contributed by atoms with van der Waals surface area (Å²) in [6.45, 7) is 0. The van der Waals surface area contributed by atoms with Gasteiger partial charge in [-0.3, -0.25) is 9.59 Å². The third-order valence-corrected chi connectivity index (χ3v) is 3.68. The van der Waals surface area contributed by atoms with Crippen LogP contribution in [0.15, 0.2) is 34.4 Å². The Morgan fingerprint density at radius 1 is 1.50 bits per heavy atom. The number of hydrogen-bond donors (Lipinski definition) is 2. The number of aliphatic carboxylic acids is 1. The van der Waals surface area contributed by atoms with Crippen molar-refractivity contribution in [3.8, 4) is 0 Å². The van der Waals surface area contributed by atoms with E-state index in [1.165, 1.54) is 0 Å². The molecular weight excluding hydrogens is 302 g/mol. The Morgan fingerprint density at radius 2 is 2.20 bits per heavy atom. The van der Waals surface area contributed by atoms with Gasteiger partial charge in [-0.15, -0.1) is 5.10 Å². The highest BCUT2D eigenvalue weighted by Crippen LogP contribution is 2.21. The van der Waals surface area contributed by atoms with Crippen LogP contribution in [0.4, 0.5) is 0 Å². The summed E-state index contributed by atoms with van der Waals surface area (Å²) in [5.41, 5.74) is 3.09. The van der Waals surface area contributed by atoms with Crippen molar-refractivity contribution in [1.29, 1.82) is 0 Å². The molecule has 0 radical (unpaired) electrons. The zero-order valence-corrected chi connectivity index (χ0v) is 11.7. The van der Waals surface area contributed by atoms with Crippen molar-refractivity contribution < 1.29 is 14.7 Å². The molecule has 0 saturated heterocycles. The number of amidine groups is 1. The summed E-state index contributed by atoms with van der Waals surface area (Å²) in [5.74, 6) is -1.47. The number of nitrogens with zero attached hydrogens (tertiary/aromatic N) is 2. The van der Waals surface area contributed by atoms with Gasteiger partial charge in [-0.25, -0.2) is 10.4 Å². The number of rotatable bonds is 3. The predicted octanol–water partition coefficient (Wildman–Crippen LogP) is 1.74. The third kappa shape index (κ3) is 4.07. The number of carboxylic acid groups (broad SMARTS) is 1. The minimum atomic E-state index is -1.04. The molecule has 20 heavy (non-hydrogen) atoms. The first-order valence-electron chi connectivity index (χ1n) is 5.60. The van der Waals surface area contributed by atoms with Gasteiger partial charge in [0.25, 0.3) is 5.91 Å². The lowest BCUT2D eigenvalue weighted by Gasteiger charge is -2.16. The van der Waals surface area contributed by atoms with E-state index in [2.05, 4.69) is 15.5 Å². The Balaban J connectivity index is 2.04. The zero-order chi connectivity index (χ0) is 14.5. The molecule has 1 aliphatic heterocycles. The van der Waals surface area contributed by atoms with Gasteiger partial charge in [-0.05, 0) is 17.7 Å². The van der Waals surface area contributed by atoms with E-state index in [1.54, 1.807) is 30.5 Å². The van der Waals surface area contributed by atoms with Crippen LogP contribution in [0.25, 0.3) is 0 Å². The van der Waals surface area contributed by atoms with E-state index in [0.717, 1.165) is 17.3 Å². The molecule has 0 aliphatic carbocycles. The number of carboxylic acids is 1. The number of amides is 1. The first-order valence-corrected chi connectivity index (χ1v) is 6.86. The van der Waals surface area contributed by atoms with Crippen LogP contribution in [0, 0.1) is 0 Å². The maximum absolute atomic E-state index is 11.4. The van der Waals surface area contributed by atoms with Gasteiger partial charge in [0.15, 0.2) is 0 Å². The average molecular weight is 312 g/mol. The fourth-order valence-corrected chi connectivity index (χ4v) is 2.39. The first-order chi connectivity index (χ1) is 9.54. The second-order valence-electron chi connectivity index (χ2n) is 3.88. The Morgan fingerprint density at radius 3 is 2.85 bits per heavy atom. The molecule has 0 bridgehead atoms. The minimum Gasteiger partial charge on any atom is -0.481 e. The average Bonchev–Trinajstić information content (AvgIpc) is 2.41. The maximum atomic E-state index is 11.4. The summed E-state index contributed by atoms with van der Waals surface area (Å²) in [5, 5.41) is 12.7. The van der Waals surface area contributed by atoms with Crippen LogP contribution in [0.3, 0.4) is 0 Å². The van der Waals surface area contributed by atoms with Crippen molar-refractivity contribution >= 4 is 46.6 Å². The molecule has 6 nitrogen and oxygen atoms in total. The number of hydrogen-bond acceptors (Lipinski definition) is 5. The number of thioether (sulfide) groups is 1. The van der Waals surface area contributed by atoms with E-state index in [-0.39, 0.29) is 6.42 Å². The van der Waals surface area contributed by atoms with Crippen LogP contribution in [-0.2, 0) is 9.59 Å².